The standard InChI is InChI=1S/C5H10O2.C4H6O/c1-3-4(2)5(6)7;1-2-3-4-5/h4H,3H2,1-2H3,(H,6,7);5H,2H2,1H3. The molecule has 0 amide bonds. The minimum absolute atomic E-state index is 0.181. The van der Waals surface area contributed by atoms with E-state index < -0.39 is 5.97 Å². The first-order chi connectivity index (χ1) is 5.59. The quantitative estimate of drug-likeness (QED) is 0.625. The highest BCUT2D eigenvalue weighted by Crippen LogP contribution is 1.97. The van der Waals surface area contributed by atoms with E-state index in [1.54, 1.807) is 13.0 Å². The number of hydrogen-bond acceptors (Lipinski definition) is 2. The highest BCUT2D eigenvalue weighted by atomic mass is 16.4. The Labute approximate surface area is 73.4 Å². The van der Waals surface area contributed by atoms with Crippen molar-refractivity contribution in [2.45, 2.75) is 33.6 Å². The van der Waals surface area contributed by atoms with Gasteiger partial charge >= 0.3 is 5.97 Å². The first-order valence-corrected chi connectivity index (χ1v) is 3.94. The van der Waals surface area contributed by atoms with Gasteiger partial charge in [-0.15, -0.1) is 0 Å². The van der Waals surface area contributed by atoms with Crippen LogP contribution in [-0.2, 0) is 4.79 Å². The molecule has 2 N–H and O–H groups in total. The minimum Gasteiger partial charge on any atom is -0.481 e. The van der Waals surface area contributed by atoms with Crippen LogP contribution in [-0.4, -0.2) is 16.2 Å². The summed E-state index contributed by atoms with van der Waals surface area (Å²) in [6.07, 6.45) is 3.22. The zero-order chi connectivity index (χ0) is 9.98. The molecule has 70 valence electrons. The van der Waals surface area contributed by atoms with Crippen LogP contribution in [0, 0.1) is 17.9 Å². The van der Waals surface area contributed by atoms with Gasteiger partial charge in [0, 0.05) is 6.42 Å². The van der Waals surface area contributed by atoms with Crippen molar-refractivity contribution >= 4 is 5.97 Å². The van der Waals surface area contributed by atoms with E-state index in [1.807, 2.05) is 13.8 Å². The molecule has 12 heavy (non-hydrogen) atoms. The molecule has 0 fully saturated rings. The zero-order valence-electron chi connectivity index (χ0n) is 7.79. The summed E-state index contributed by atoms with van der Waals surface area (Å²) in [4.78, 5) is 9.93. The molecule has 0 aliphatic heterocycles. The number of aliphatic hydroxyl groups excluding tert-OH is 1. The molecule has 0 rings (SSSR count). The molecule has 1 atom stereocenters. The van der Waals surface area contributed by atoms with E-state index in [0.29, 0.717) is 0 Å². The Morgan fingerprint density at radius 1 is 1.50 bits per heavy atom. The summed E-state index contributed by atoms with van der Waals surface area (Å²) in [6, 6.07) is 0. The summed E-state index contributed by atoms with van der Waals surface area (Å²) in [7, 11) is 0. The Morgan fingerprint density at radius 3 is 2.00 bits per heavy atom. The highest BCUT2D eigenvalue weighted by molar-refractivity contribution is 5.69. The normalized spacial score (nSPS) is 9.92. The molecular weight excluding hydrogens is 156 g/mol. The predicted molar refractivity (Wildman–Crippen MR) is 47.1 cm³/mol. The lowest BCUT2D eigenvalue weighted by Gasteiger charge is -1.96. The second kappa shape index (κ2) is 9.83. The summed E-state index contributed by atoms with van der Waals surface area (Å²) in [5.74, 6) is 1.53. The second-order valence-electron chi connectivity index (χ2n) is 2.29. The van der Waals surface area contributed by atoms with Gasteiger partial charge in [-0.2, -0.15) is 0 Å². The van der Waals surface area contributed by atoms with Crippen molar-refractivity contribution in [3.05, 3.63) is 0 Å². The van der Waals surface area contributed by atoms with E-state index in [2.05, 4.69) is 5.92 Å². The van der Waals surface area contributed by atoms with Crippen LogP contribution in [0.2, 0.25) is 0 Å². The fraction of sp³-hybridized carbons (Fsp3) is 0.667. The molecule has 0 radical (unpaired) electrons. The van der Waals surface area contributed by atoms with Crippen LogP contribution in [0.1, 0.15) is 33.6 Å². The molecule has 0 spiro atoms. The van der Waals surface area contributed by atoms with E-state index in [1.165, 1.54) is 0 Å². The first-order valence-electron chi connectivity index (χ1n) is 3.94. The Bertz CT molecular complexity index is 164. The number of hydrogen-bond donors (Lipinski definition) is 2. The number of aliphatic hydroxyl groups is 1. The Balaban J connectivity index is 0. The number of rotatable bonds is 2. The van der Waals surface area contributed by atoms with Crippen LogP contribution >= 0.6 is 0 Å². The average molecular weight is 172 g/mol. The van der Waals surface area contributed by atoms with Gasteiger partial charge in [0.1, 0.15) is 6.11 Å². The molecule has 0 aromatic heterocycles. The molecule has 1 unspecified atom stereocenters. The zero-order valence-corrected chi connectivity index (χ0v) is 7.79. The third-order valence-corrected chi connectivity index (χ3v) is 1.29. The van der Waals surface area contributed by atoms with Gasteiger partial charge in [0.25, 0.3) is 0 Å². The second-order valence-corrected chi connectivity index (χ2v) is 2.29. The van der Waals surface area contributed by atoms with Crippen molar-refractivity contribution < 1.29 is 15.0 Å². The lowest BCUT2D eigenvalue weighted by molar-refractivity contribution is -0.141. The number of carbonyl (C=O) groups is 1. The van der Waals surface area contributed by atoms with Gasteiger partial charge in [0.2, 0.25) is 0 Å². The third-order valence-electron chi connectivity index (χ3n) is 1.29. The Kier molecular flexibility index (Phi) is 11.0. The maximum Gasteiger partial charge on any atom is 0.306 e. The fourth-order valence-corrected chi connectivity index (χ4v) is 0.254. The van der Waals surface area contributed by atoms with Crippen molar-refractivity contribution in [1.82, 2.24) is 0 Å². The highest BCUT2D eigenvalue weighted by Gasteiger charge is 2.05. The Hall–Kier alpha value is -1.17. The van der Waals surface area contributed by atoms with Crippen LogP contribution in [0.15, 0.2) is 0 Å². The van der Waals surface area contributed by atoms with Gasteiger partial charge in [0.05, 0.1) is 5.92 Å². The summed E-state index contributed by atoms with van der Waals surface area (Å²) in [6.45, 7) is 5.43. The molecule has 0 saturated carbocycles. The van der Waals surface area contributed by atoms with E-state index in [0.717, 1.165) is 12.8 Å². The summed E-state index contributed by atoms with van der Waals surface area (Å²) < 4.78 is 0. The molecule has 0 aromatic carbocycles. The molecule has 0 heterocycles. The molecular formula is C9H16O3. The first kappa shape index (κ1) is 13.4. The molecule has 0 saturated heterocycles. The summed E-state index contributed by atoms with van der Waals surface area (Å²) >= 11 is 0. The molecule has 3 nitrogen and oxygen atoms in total. The van der Waals surface area contributed by atoms with Crippen LogP contribution < -0.4 is 0 Å². The lowest BCUT2D eigenvalue weighted by Crippen LogP contribution is -2.06. The van der Waals surface area contributed by atoms with Crippen LogP contribution in [0.3, 0.4) is 0 Å². The van der Waals surface area contributed by atoms with E-state index in [4.69, 9.17) is 10.2 Å². The maximum atomic E-state index is 9.93. The number of carboxylic acid groups (broad SMARTS) is 1. The van der Waals surface area contributed by atoms with Crippen molar-refractivity contribution in [1.29, 1.82) is 0 Å². The largest absolute Gasteiger partial charge is 0.481 e. The van der Waals surface area contributed by atoms with Gasteiger partial charge in [-0.05, 0) is 6.42 Å². The van der Waals surface area contributed by atoms with Crippen molar-refractivity contribution in [3.63, 3.8) is 0 Å². The fourth-order valence-electron chi connectivity index (χ4n) is 0.254. The predicted octanol–water partition coefficient (Wildman–Crippen LogP) is 1.85. The van der Waals surface area contributed by atoms with E-state index >= 15 is 0 Å². The molecule has 0 aliphatic carbocycles. The van der Waals surface area contributed by atoms with E-state index in [9.17, 15) is 4.79 Å². The topological polar surface area (TPSA) is 57.5 Å². The van der Waals surface area contributed by atoms with Gasteiger partial charge < -0.3 is 10.2 Å². The molecule has 0 bridgehead atoms. The van der Waals surface area contributed by atoms with Gasteiger partial charge in [-0.3, -0.25) is 4.79 Å². The van der Waals surface area contributed by atoms with Crippen LogP contribution in [0.5, 0.6) is 0 Å². The molecule has 0 aromatic rings. The lowest BCUT2D eigenvalue weighted by atomic mass is 10.1. The summed E-state index contributed by atoms with van der Waals surface area (Å²) in [5, 5.41) is 15.9. The number of carboxylic acids is 1. The Morgan fingerprint density at radius 2 is 2.00 bits per heavy atom. The third kappa shape index (κ3) is 11.6. The monoisotopic (exact) mass is 172 g/mol. The smallest absolute Gasteiger partial charge is 0.306 e. The van der Waals surface area contributed by atoms with Crippen LogP contribution in [0.25, 0.3) is 0 Å². The average Bonchev–Trinajstić information content (AvgIpc) is 2.05. The van der Waals surface area contributed by atoms with Crippen molar-refractivity contribution in [3.8, 4) is 12.0 Å². The minimum atomic E-state index is -0.706. The van der Waals surface area contributed by atoms with Crippen molar-refractivity contribution in [2.75, 3.05) is 0 Å². The molecule has 0 aliphatic rings. The molecule has 3 heteroatoms. The van der Waals surface area contributed by atoms with E-state index in [-0.39, 0.29) is 5.92 Å². The van der Waals surface area contributed by atoms with Crippen molar-refractivity contribution in [2.24, 2.45) is 5.92 Å². The van der Waals surface area contributed by atoms with Crippen LogP contribution in [0.4, 0.5) is 0 Å². The van der Waals surface area contributed by atoms with Gasteiger partial charge in [-0.1, -0.05) is 26.7 Å². The maximum absolute atomic E-state index is 9.93. The van der Waals surface area contributed by atoms with Gasteiger partial charge in [-0.25, -0.2) is 0 Å². The summed E-state index contributed by atoms with van der Waals surface area (Å²) in [5.41, 5.74) is 0. The number of aliphatic carboxylic acids is 1. The SMILES string of the molecule is CCC#CO.CCC(C)C(=O)O. The van der Waals surface area contributed by atoms with Gasteiger partial charge in [0.15, 0.2) is 0 Å².